The summed E-state index contributed by atoms with van der Waals surface area (Å²) in [6.07, 6.45) is 0.227. The highest BCUT2D eigenvalue weighted by Crippen LogP contribution is 2.13. The van der Waals surface area contributed by atoms with E-state index >= 15 is 0 Å². The van der Waals surface area contributed by atoms with Crippen molar-refractivity contribution in [3.63, 3.8) is 0 Å². The number of carbonyl (C=O) groups is 1. The number of hydrogen-bond acceptors (Lipinski definition) is 3. The molecule has 98 valence electrons. The van der Waals surface area contributed by atoms with Gasteiger partial charge in [0, 0.05) is 18.7 Å². The van der Waals surface area contributed by atoms with Gasteiger partial charge in [0.25, 0.3) is 0 Å². The van der Waals surface area contributed by atoms with Crippen LogP contribution in [-0.4, -0.2) is 43.0 Å². The summed E-state index contributed by atoms with van der Waals surface area (Å²) in [7, 11) is 0. The van der Waals surface area contributed by atoms with Gasteiger partial charge in [0.1, 0.15) is 0 Å². The summed E-state index contributed by atoms with van der Waals surface area (Å²) in [5.74, 6) is 0.213. The van der Waals surface area contributed by atoms with Crippen LogP contribution in [0.1, 0.15) is 28.4 Å². The lowest BCUT2D eigenvalue weighted by Gasteiger charge is -2.30. The van der Waals surface area contributed by atoms with Crippen molar-refractivity contribution in [2.75, 3.05) is 26.2 Å². The highest BCUT2D eigenvalue weighted by molar-refractivity contribution is 5.99. The molecular weight excluding hydrogens is 226 g/mol. The fourth-order valence-corrected chi connectivity index (χ4v) is 2.36. The number of rotatable bonds is 3. The van der Waals surface area contributed by atoms with Crippen molar-refractivity contribution in [2.45, 2.75) is 26.9 Å². The van der Waals surface area contributed by atoms with Crippen LogP contribution in [0.25, 0.3) is 0 Å². The van der Waals surface area contributed by atoms with Gasteiger partial charge in [-0.15, -0.1) is 0 Å². The summed E-state index contributed by atoms with van der Waals surface area (Å²) in [6.45, 7) is 8.98. The Morgan fingerprint density at radius 2 is 2.22 bits per heavy atom. The Morgan fingerprint density at radius 3 is 2.94 bits per heavy atom. The molecule has 1 aromatic rings. The maximum absolute atomic E-state index is 12.3. The van der Waals surface area contributed by atoms with E-state index in [-0.39, 0.29) is 11.9 Å². The minimum absolute atomic E-state index is 0.213. The van der Waals surface area contributed by atoms with Gasteiger partial charge in [-0.1, -0.05) is 17.7 Å². The third-order valence-electron chi connectivity index (χ3n) is 3.39. The topological polar surface area (TPSA) is 29.5 Å². The third-order valence-corrected chi connectivity index (χ3v) is 3.39. The normalized spacial score (nSPS) is 20.9. The zero-order chi connectivity index (χ0) is 13.1. The van der Waals surface area contributed by atoms with Crippen LogP contribution in [-0.2, 0) is 4.74 Å². The van der Waals surface area contributed by atoms with Crippen molar-refractivity contribution >= 4 is 5.78 Å². The molecule has 0 N–H and O–H groups in total. The van der Waals surface area contributed by atoms with Gasteiger partial charge >= 0.3 is 0 Å². The summed E-state index contributed by atoms with van der Waals surface area (Å²) >= 11 is 0. The van der Waals surface area contributed by atoms with Crippen LogP contribution in [0.15, 0.2) is 18.2 Å². The Morgan fingerprint density at radius 1 is 1.44 bits per heavy atom. The van der Waals surface area contributed by atoms with E-state index in [4.69, 9.17) is 4.74 Å². The Labute approximate surface area is 109 Å². The second-order valence-corrected chi connectivity index (χ2v) is 5.16. The van der Waals surface area contributed by atoms with E-state index < -0.39 is 0 Å². The lowest BCUT2D eigenvalue weighted by atomic mass is 10.0. The van der Waals surface area contributed by atoms with Crippen molar-refractivity contribution in [1.29, 1.82) is 0 Å². The molecule has 1 unspecified atom stereocenters. The van der Waals surface area contributed by atoms with E-state index in [1.165, 1.54) is 0 Å². The van der Waals surface area contributed by atoms with Crippen molar-refractivity contribution < 1.29 is 9.53 Å². The third kappa shape index (κ3) is 3.18. The molecule has 3 heteroatoms. The molecule has 1 saturated heterocycles. The molecule has 1 aliphatic heterocycles. The minimum Gasteiger partial charge on any atom is -0.376 e. The second-order valence-electron chi connectivity index (χ2n) is 5.16. The summed E-state index contributed by atoms with van der Waals surface area (Å²) < 4.78 is 5.49. The second kappa shape index (κ2) is 5.63. The molecule has 1 aliphatic rings. The van der Waals surface area contributed by atoms with Gasteiger partial charge < -0.3 is 4.74 Å². The average molecular weight is 247 g/mol. The largest absolute Gasteiger partial charge is 0.376 e. The quantitative estimate of drug-likeness (QED) is 0.767. The number of ketones is 1. The monoisotopic (exact) mass is 247 g/mol. The molecule has 18 heavy (non-hydrogen) atoms. The van der Waals surface area contributed by atoms with Gasteiger partial charge in [-0.2, -0.15) is 0 Å². The van der Waals surface area contributed by atoms with E-state index in [9.17, 15) is 4.79 Å². The molecule has 3 nitrogen and oxygen atoms in total. The van der Waals surface area contributed by atoms with Crippen molar-refractivity contribution in [3.05, 3.63) is 34.9 Å². The van der Waals surface area contributed by atoms with Gasteiger partial charge in [-0.3, -0.25) is 9.69 Å². The minimum atomic E-state index is 0.213. The van der Waals surface area contributed by atoms with Gasteiger partial charge in [0.15, 0.2) is 5.78 Å². The van der Waals surface area contributed by atoms with Crippen LogP contribution in [0.2, 0.25) is 0 Å². The Kier molecular flexibility index (Phi) is 4.15. The maximum atomic E-state index is 12.3. The van der Waals surface area contributed by atoms with E-state index in [0.717, 1.165) is 36.4 Å². The number of benzene rings is 1. The van der Waals surface area contributed by atoms with Crippen molar-refractivity contribution in [3.8, 4) is 0 Å². The Balaban J connectivity index is 2.05. The summed E-state index contributed by atoms with van der Waals surface area (Å²) in [6, 6.07) is 6.05. The van der Waals surface area contributed by atoms with Crippen LogP contribution >= 0.6 is 0 Å². The van der Waals surface area contributed by atoms with Gasteiger partial charge in [-0.25, -0.2) is 0 Å². The van der Waals surface area contributed by atoms with Crippen LogP contribution in [0.5, 0.6) is 0 Å². The van der Waals surface area contributed by atoms with Gasteiger partial charge in [0.2, 0.25) is 0 Å². The van der Waals surface area contributed by atoms with E-state index in [0.29, 0.717) is 6.54 Å². The molecule has 0 radical (unpaired) electrons. The van der Waals surface area contributed by atoms with Crippen molar-refractivity contribution in [2.24, 2.45) is 0 Å². The number of morpholine rings is 1. The van der Waals surface area contributed by atoms with Crippen LogP contribution < -0.4 is 0 Å². The number of ether oxygens (including phenoxy) is 1. The fraction of sp³-hybridized carbons (Fsp3) is 0.533. The van der Waals surface area contributed by atoms with Crippen LogP contribution in [0.3, 0.4) is 0 Å². The first kappa shape index (κ1) is 13.2. The Bertz CT molecular complexity index is 442. The number of nitrogens with zero attached hydrogens (tertiary/aromatic N) is 1. The number of carbonyl (C=O) groups excluding carboxylic acids is 1. The molecule has 0 spiro atoms. The molecule has 1 fully saturated rings. The number of aryl methyl sites for hydroxylation is 2. The maximum Gasteiger partial charge on any atom is 0.177 e. The summed E-state index contributed by atoms with van der Waals surface area (Å²) in [4.78, 5) is 14.5. The van der Waals surface area contributed by atoms with Gasteiger partial charge in [0.05, 0.1) is 19.3 Å². The summed E-state index contributed by atoms with van der Waals surface area (Å²) in [5.41, 5.74) is 3.06. The van der Waals surface area contributed by atoms with Crippen LogP contribution in [0.4, 0.5) is 0 Å². The molecule has 0 aromatic heterocycles. The number of Topliss-reactive ketones (excluding diaryl/α,β-unsaturated/α-hetero) is 1. The standard InChI is InChI=1S/C15H21NO2/c1-11-4-5-12(2)14(8-11)15(17)10-16-6-7-18-13(3)9-16/h4-5,8,13H,6-7,9-10H2,1-3H3. The highest BCUT2D eigenvalue weighted by Gasteiger charge is 2.20. The zero-order valence-electron chi connectivity index (χ0n) is 11.4. The lowest BCUT2D eigenvalue weighted by molar-refractivity contribution is -0.0158. The lowest BCUT2D eigenvalue weighted by Crippen LogP contribution is -2.43. The Hall–Kier alpha value is -1.19. The molecule has 0 aliphatic carbocycles. The zero-order valence-corrected chi connectivity index (χ0v) is 11.4. The van der Waals surface area contributed by atoms with Crippen LogP contribution in [0, 0.1) is 13.8 Å². The average Bonchev–Trinajstić information content (AvgIpc) is 2.32. The number of hydrogen-bond donors (Lipinski definition) is 0. The summed E-state index contributed by atoms with van der Waals surface area (Å²) in [5, 5.41) is 0. The first-order valence-corrected chi connectivity index (χ1v) is 6.50. The first-order chi connectivity index (χ1) is 8.56. The highest BCUT2D eigenvalue weighted by atomic mass is 16.5. The van der Waals surface area contributed by atoms with Crippen molar-refractivity contribution in [1.82, 2.24) is 4.90 Å². The molecule has 1 heterocycles. The SMILES string of the molecule is Cc1ccc(C)c(C(=O)CN2CCOC(C)C2)c1. The van der Waals surface area contributed by atoms with E-state index in [1.807, 2.05) is 32.0 Å². The van der Waals surface area contributed by atoms with E-state index in [1.54, 1.807) is 0 Å². The predicted molar refractivity (Wildman–Crippen MR) is 72.1 cm³/mol. The predicted octanol–water partition coefficient (Wildman–Crippen LogP) is 2.21. The fourth-order valence-electron chi connectivity index (χ4n) is 2.36. The molecular formula is C15H21NO2. The van der Waals surface area contributed by atoms with E-state index in [2.05, 4.69) is 11.8 Å². The molecule has 0 saturated carbocycles. The van der Waals surface area contributed by atoms with Gasteiger partial charge in [-0.05, 0) is 32.4 Å². The smallest absolute Gasteiger partial charge is 0.177 e. The molecule has 2 rings (SSSR count). The molecule has 1 atom stereocenters. The molecule has 0 bridgehead atoms. The first-order valence-electron chi connectivity index (χ1n) is 6.50. The molecule has 1 aromatic carbocycles. The molecule has 0 amide bonds.